The summed E-state index contributed by atoms with van der Waals surface area (Å²) in [5, 5.41) is 3.43. The molecule has 8 heteroatoms. The highest BCUT2D eigenvalue weighted by Crippen LogP contribution is 2.34. The molecule has 0 bridgehead atoms. The van der Waals surface area contributed by atoms with Crippen LogP contribution in [0.25, 0.3) is 0 Å². The summed E-state index contributed by atoms with van der Waals surface area (Å²) in [5.74, 6) is 1.23. The Morgan fingerprint density at radius 2 is 1.90 bits per heavy atom. The van der Waals surface area contributed by atoms with Crippen LogP contribution in [0.3, 0.4) is 0 Å². The number of anilines is 1. The number of benzene rings is 1. The summed E-state index contributed by atoms with van der Waals surface area (Å²) in [4.78, 5) is 31.9. The summed E-state index contributed by atoms with van der Waals surface area (Å²) < 4.78 is 10.6. The van der Waals surface area contributed by atoms with Crippen LogP contribution in [0.4, 0.5) is 5.69 Å². The molecule has 31 heavy (non-hydrogen) atoms. The molecule has 1 fully saturated rings. The third-order valence-electron chi connectivity index (χ3n) is 5.69. The third-order valence-corrected chi connectivity index (χ3v) is 6.70. The lowest BCUT2D eigenvalue weighted by atomic mass is 10.1. The van der Waals surface area contributed by atoms with Crippen LogP contribution < -0.4 is 14.8 Å². The molecule has 1 aliphatic carbocycles. The molecule has 0 radical (unpaired) electrons. The molecule has 7 nitrogen and oxygen atoms in total. The Kier molecular flexibility index (Phi) is 6.96. The van der Waals surface area contributed by atoms with Crippen LogP contribution in [0.15, 0.2) is 41.6 Å². The average molecular weight is 442 g/mol. The molecule has 1 aromatic carbocycles. The Morgan fingerprint density at radius 1 is 1.13 bits per heavy atom. The van der Waals surface area contributed by atoms with Crippen LogP contribution in [0, 0.1) is 0 Å². The van der Waals surface area contributed by atoms with Crippen molar-refractivity contribution >= 4 is 29.3 Å². The molecule has 2 aliphatic rings. The van der Waals surface area contributed by atoms with Gasteiger partial charge in [0.25, 0.3) is 5.91 Å². The first-order valence-electron chi connectivity index (χ1n) is 10.7. The first-order valence-corrected chi connectivity index (χ1v) is 11.6. The van der Waals surface area contributed by atoms with E-state index in [9.17, 15) is 9.59 Å². The SMILES string of the molecule is CN(C(=O)c1cccnc1SCC(=O)Nc1ccc2c(c1)OCO2)C1CCCCCC1. The number of thioether (sulfide) groups is 1. The maximum absolute atomic E-state index is 13.2. The van der Waals surface area contributed by atoms with Crippen LogP contribution in [-0.2, 0) is 4.79 Å². The molecule has 164 valence electrons. The number of ether oxygens (including phenoxy) is 2. The molecule has 0 unspecified atom stereocenters. The van der Waals surface area contributed by atoms with Gasteiger partial charge in [0.15, 0.2) is 11.5 Å². The van der Waals surface area contributed by atoms with E-state index >= 15 is 0 Å². The van der Waals surface area contributed by atoms with E-state index in [0.29, 0.717) is 27.8 Å². The number of fused-ring (bicyclic) bond motifs is 1. The second-order valence-electron chi connectivity index (χ2n) is 7.82. The van der Waals surface area contributed by atoms with Crippen LogP contribution in [0.2, 0.25) is 0 Å². The van der Waals surface area contributed by atoms with Crippen LogP contribution >= 0.6 is 11.8 Å². The molecule has 2 amide bonds. The molecule has 2 heterocycles. The quantitative estimate of drug-likeness (QED) is 0.531. The van der Waals surface area contributed by atoms with Crippen LogP contribution in [0.1, 0.15) is 48.9 Å². The Balaban J connectivity index is 1.37. The van der Waals surface area contributed by atoms with Gasteiger partial charge in [0.2, 0.25) is 12.7 Å². The summed E-state index contributed by atoms with van der Waals surface area (Å²) in [7, 11) is 1.88. The fraction of sp³-hybridized carbons (Fsp3) is 0.435. The van der Waals surface area contributed by atoms with Crippen molar-refractivity contribution in [3.05, 3.63) is 42.1 Å². The number of nitrogens with one attached hydrogen (secondary N) is 1. The molecule has 1 aromatic heterocycles. The normalized spacial score (nSPS) is 15.9. The third kappa shape index (κ3) is 5.31. The standard InChI is InChI=1S/C23H27N3O4S/c1-26(17-7-4-2-3-5-8-17)23(28)18-9-6-12-24-22(18)31-14-21(27)25-16-10-11-19-20(13-16)30-15-29-19/h6,9-13,17H,2-5,7-8,14-15H2,1H3,(H,25,27). The zero-order chi connectivity index (χ0) is 21.6. The highest BCUT2D eigenvalue weighted by molar-refractivity contribution is 8.00. The second-order valence-corrected chi connectivity index (χ2v) is 8.79. The average Bonchev–Trinajstić information content (AvgIpc) is 3.08. The topological polar surface area (TPSA) is 80.8 Å². The largest absolute Gasteiger partial charge is 0.454 e. The van der Waals surface area contributed by atoms with Gasteiger partial charge in [0, 0.05) is 31.0 Å². The second kappa shape index (κ2) is 10.0. The Hall–Kier alpha value is -2.74. The molecule has 1 saturated carbocycles. The smallest absolute Gasteiger partial charge is 0.256 e. The number of aromatic nitrogens is 1. The Labute approximate surface area is 186 Å². The molecule has 0 spiro atoms. The fourth-order valence-electron chi connectivity index (χ4n) is 3.97. The number of amides is 2. The lowest BCUT2D eigenvalue weighted by Crippen LogP contribution is -2.37. The minimum Gasteiger partial charge on any atom is -0.454 e. The van der Waals surface area contributed by atoms with Gasteiger partial charge in [-0.3, -0.25) is 9.59 Å². The van der Waals surface area contributed by atoms with Gasteiger partial charge < -0.3 is 19.7 Å². The number of carbonyl (C=O) groups is 2. The maximum atomic E-state index is 13.2. The summed E-state index contributed by atoms with van der Waals surface area (Å²) in [6.07, 6.45) is 8.55. The van der Waals surface area contributed by atoms with E-state index in [1.54, 1.807) is 36.5 Å². The van der Waals surface area contributed by atoms with E-state index in [1.165, 1.54) is 24.6 Å². The van der Waals surface area contributed by atoms with Crippen molar-refractivity contribution in [2.75, 3.05) is 24.9 Å². The van der Waals surface area contributed by atoms with Gasteiger partial charge in [0.05, 0.1) is 11.3 Å². The Morgan fingerprint density at radius 3 is 2.71 bits per heavy atom. The van der Waals surface area contributed by atoms with Gasteiger partial charge >= 0.3 is 0 Å². The van der Waals surface area contributed by atoms with Crippen molar-refractivity contribution in [1.29, 1.82) is 0 Å². The van der Waals surface area contributed by atoms with E-state index in [1.807, 2.05) is 11.9 Å². The van der Waals surface area contributed by atoms with Gasteiger partial charge in [0.1, 0.15) is 5.03 Å². The van der Waals surface area contributed by atoms with Crippen molar-refractivity contribution in [2.45, 2.75) is 49.6 Å². The fourth-order valence-corrected chi connectivity index (χ4v) is 4.76. The van der Waals surface area contributed by atoms with Crippen LogP contribution in [-0.4, -0.2) is 47.3 Å². The van der Waals surface area contributed by atoms with Crippen LogP contribution in [0.5, 0.6) is 11.5 Å². The molecular weight excluding hydrogens is 414 g/mol. The molecular formula is C23H27N3O4S. The summed E-state index contributed by atoms with van der Waals surface area (Å²) in [5.41, 5.74) is 1.19. The molecule has 4 rings (SSSR count). The number of nitrogens with zero attached hydrogens (tertiary/aromatic N) is 2. The first kappa shape index (κ1) is 21.5. The zero-order valence-corrected chi connectivity index (χ0v) is 18.5. The monoisotopic (exact) mass is 441 g/mol. The Bertz CT molecular complexity index is 944. The van der Waals surface area contributed by atoms with Crippen molar-refractivity contribution in [3.8, 4) is 11.5 Å². The van der Waals surface area contributed by atoms with Gasteiger partial charge in [-0.25, -0.2) is 4.98 Å². The molecule has 1 N–H and O–H groups in total. The molecule has 1 aliphatic heterocycles. The van der Waals surface area contributed by atoms with E-state index in [-0.39, 0.29) is 30.4 Å². The predicted molar refractivity (Wildman–Crippen MR) is 120 cm³/mol. The lowest BCUT2D eigenvalue weighted by Gasteiger charge is -2.27. The van der Waals surface area contributed by atoms with E-state index in [4.69, 9.17) is 9.47 Å². The van der Waals surface area contributed by atoms with Gasteiger partial charge in [-0.15, -0.1) is 0 Å². The number of hydrogen-bond donors (Lipinski definition) is 1. The minimum absolute atomic E-state index is 0.0290. The highest BCUT2D eigenvalue weighted by atomic mass is 32.2. The van der Waals surface area contributed by atoms with Gasteiger partial charge in [-0.2, -0.15) is 0 Å². The number of carbonyl (C=O) groups excluding carboxylic acids is 2. The lowest BCUT2D eigenvalue weighted by molar-refractivity contribution is -0.113. The zero-order valence-electron chi connectivity index (χ0n) is 17.6. The molecule has 0 atom stereocenters. The van der Waals surface area contributed by atoms with E-state index < -0.39 is 0 Å². The van der Waals surface area contributed by atoms with Crippen molar-refractivity contribution in [2.24, 2.45) is 0 Å². The maximum Gasteiger partial charge on any atom is 0.256 e. The number of pyridine rings is 1. The number of rotatable bonds is 6. The minimum atomic E-state index is -0.176. The first-order chi connectivity index (χ1) is 15.1. The summed E-state index contributed by atoms with van der Waals surface area (Å²) in [6, 6.07) is 9.10. The molecule has 2 aromatic rings. The summed E-state index contributed by atoms with van der Waals surface area (Å²) in [6.45, 7) is 0.189. The van der Waals surface area contributed by atoms with Crippen molar-refractivity contribution in [1.82, 2.24) is 9.88 Å². The van der Waals surface area contributed by atoms with Crippen molar-refractivity contribution < 1.29 is 19.1 Å². The predicted octanol–water partition coefficient (Wildman–Crippen LogP) is 4.34. The van der Waals surface area contributed by atoms with Gasteiger partial charge in [-0.05, 0) is 37.1 Å². The highest BCUT2D eigenvalue weighted by Gasteiger charge is 2.24. The molecule has 0 saturated heterocycles. The van der Waals surface area contributed by atoms with E-state index in [0.717, 1.165) is 25.7 Å². The number of hydrogen-bond acceptors (Lipinski definition) is 6. The van der Waals surface area contributed by atoms with E-state index in [2.05, 4.69) is 10.3 Å². The summed E-state index contributed by atoms with van der Waals surface area (Å²) >= 11 is 1.27. The van der Waals surface area contributed by atoms with Gasteiger partial charge in [-0.1, -0.05) is 37.4 Å². The van der Waals surface area contributed by atoms with Crippen molar-refractivity contribution in [3.63, 3.8) is 0 Å².